The number of ether oxygens (including phenoxy) is 2. The molecule has 1 atom stereocenters. The molecule has 28 heavy (non-hydrogen) atoms. The molecular weight excluding hydrogens is 364 g/mol. The zero-order chi connectivity index (χ0) is 20.3. The van der Waals surface area contributed by atoms with Crippen molar-refractivity contribution in [3.63, 3.8) is 0 Å². The molecule has 3 aromatic rings. The van der Waals surface area contributed by atoms with Crippen molar-refractivity contribution >= 4 is 22.8 Å². The molecular formula is C20H18N2O6. The molecule has 144 valence electrons. The summed E-state index contributed by atoms with van der Waals surface area (Å²) in [6.45, 7) is 0. The molecule has 8 heteroatoms. The number of rotatable bonds is 5. The van der Waals surface area contributed by atoms with Gasteiger partial charge in [0.2, 0.25) is 0 Å². The maximum atomic E-state index is 12.5. The number of nitrogens with zero attached hydrogens (tertiary/aromatic N) is 1. The minimum Gasteiger partial charge on any atom is -0.506 e. The van der Waals surface area contributed by atoms with Crippen LogP contribution in [0.25, 0.3) is 10.9 Å². The highest BCUT2D eigenvalue weighted by Gasteiger charge is 2.28. The third-order valence-electron chi connectivity index (χ3n) is 4.48. The fourth-order valence-electron chi connectivity index (χ4n) is 3.07. The van der Waals surface area contributed by atoms with E-state index in [-0.39, 0.29) is 17.5 Å². The Labute approximate surface area is 159 Å². The molecule has 0 amide bonds. The van der Waals surface area contributed by atoms with Crippen LogP contribution in [0, 0.1) is 0 Å². The maximum Gasteiger partial charge on any atom is 0.343 e. The number of benzene rings is 1. The minimum absolute atomic E-state index is 0.114. The van der Waals surface area contributed by atoms with Gasteiger partial charge in [-0.05, 0) is 23.8 Å². The fourth-order valence-corrected chi connectivity index (χ4v) is 3.07. The molecule has 3 rings (SSSR count). The second kappa shape index (κ2) is 7.91. The number of aromatic hydroxyl groups is 1. The first-order valence-electron chi connectivity index (χ1n) is 8.40. The van der Waals surface area contributed by atoms with Crippen LogP contribution in [0.2, 0.25) is 0 Å². The molecule has 0 fully saturated rings. The van der Waals surface area contributed by atoms with Crippen molar-refractivity contribution in [1.82, 2.24) is 9.97 Å². The lowest BCUT2D eigenvalue weighted by Gasteiger charge is -2.18. The second-order valence-electron chi connectivity index (χ2n) is 6.07. The Morgan fingerprint density at radius 2 is 2.00 bits per heavy atom. The minimum atomic E-state index is -0.842. The zero-order valence-electron chi connectivity index (χ0n) is 15.3. The molecule has 2 heterocycles. The van der Waals surface area contributed by atoms with E-state index in [1.807, 2.05) is 6.07 Å². The van der Waals surface area contributed by atoms with Gasteiger partial charge in [0.05, 0.1) is 31.7 Å². The molecule has 2 aromatic heterocycles. The number of aromatic nitrogens is 2. The summed E-state index contributed by atoms with van der Waals surface area (Å²) < 4.78 is 9.39. The molecule has 2 N–H and O–H groups in total. The Kier molecular flexibility index (Phi) is 5.39. The van der Waals surface area contributed by atoms with Gasteiger partial charge in [0.15, 0.2) is 0 Å². The van der Waals surface area contributed by atoms with Gasteiger partial charge >= 0.3 is 11.9 Å². The number of hydrogen-bond donors (Lipinski definition) is 2. The first-order valence-corrected chi connectivity index (χ1v) is 8.40. The highest BCUT2D eigenvalue weighted by Crippen LogP contribution is 2.34. The average Bonchev–Trinajstić information content (AvgIpc) is 2.72. The van der Waals surface area contributed by atoms with E-state index in [1.54, 1.807) is 30.5 Å². The normalized spacial score (nSPS) is 11.8. The van der Waals surface area contributed by atoms with Gasteiger partial charge in [-0.2, -0.15) is 0 Å². The number of pyridine rings is 2. The first-order chi connectivity index (χ1) is 13.5. The number of hydrogen-bond acceptors (Lipinski definition) is 7. The van der Waals surface area contributed by atoms with Crippen LogP contribution in [0.4, 0.5) is 0 Å². The Hall–Kier alpha value is -3.68. The van der Waals surface area contributed by atoms with Gasteiger partial charge in [-0.25, -0.2) is 4.79 Å². The maximum absolute atomic E-state index is 12.5. The number of H-pyrrole nitrogens is 1. The van der Waals surface area contributed by atoms with E-state index in [2.05, 4.69) is 14.7 Å². The van der Waals surface area contributed by atoms with Crippen molar-refractivity contribution in [2.75, 3.05) is 14.2 Å². The van der Waals surface area contributed by atoms with Crippen LogP contribution in [0.3, 0.4) is 0 Å². The molecule has 0 saturated carbocycles. The number of carbonyl (C=O) groups excluding carboxylic acids is 2. The van der Waals surface area contributed by atoms with Gasteiger partial charge in [-0.1, -0.05) is 12.1 Å². The number of nitrogens with one attached hydrogen (secondary N) is 1. The number of fused-ring (bicyclic) bond motifs is 1. The smallest absolute Gasteiger partial charge is 0.343 e. The van der Waals surface area contributed by atoms with Gasteiger partial charge in [0.1, 0.15) is 11.3 Å². The Morgan fingerprint density at radius 1 is 1.21 bits per heavy atom. The SMILES string of the molecule is COC(=O)CC(c1ccc2ncccc2c1)c1c(O)c(C(=O)OC)c[nH]c1=O. The van der Waals surface area contributed by atoms with Crippen LogP contribution in [-0.2, 0) is 14.3 Å². The molecule has 0 saturated heterocycles. The lowest BCUT2D eigenvalue weighted by molar-refractivity contribution is -0.140. The fraction of sp³-hybridized carbons (Fsp3) is 0.200. The molecule has 8 nitrogen and oxygen atoms in total. The first kappa shape index (κ1) is 19.1. The summed E-state index contributed by atoms with van der Waals surface area (Å²) in [5, 5.41) is 11.4. The summed E-state index contributed by atoms with van der Waals surface area (Å²) in [5.41, 5.74) is 0.398. The third kappa shape index (κ3) is 3.57. The van der Waals surface area contributed by atoms with Crippen LogP contribution >= 0.6 is 0 Å². The molecule has 0 aliphatic heterocycles. The lowest BCUT2D eigenvalue weighted by Crippen LogP contribution is -2.22. The number of methoxy groups -OCH3 is 2. The van der Waals surface area contributed by atoms with E-state index >= 15 is 0 Å². The largest absolute Gasteiger partial charge is 0.506 e. The monoisotopic (exact) mass is 382 g/mol. The molecule has 1 aromatic carbocycles. The molecule has 0 aliphatic rings. The standard InChI is InChI=1S/C20H18N2O6/c1-27-16(23)9-13(11-5-6-15-12(8-11)4-3-7-21-15)17-18(24)14(20(26)28-2)10-22-19(17)25/h3-8,10,13H,9H2,1-2H3,(H2,22,24,25). The Bertz CT molecular complexity index is 1110. The predicted octanol–water partition coefficient (Wildman–Crippen LogP) is 2.11. The van der Waals surface area contributed by atoms with Gasteiger partial charge < -0.3 is 19.6 Å². The van der Waals surface area contributed by atoms with Gasteiger partial charge in [-0.15, -0.1) is 0 Å². The average molecular weight is 382 g/mol. The van der Waals surface area contributed by atoms with Crippen molar-refractivity contribution < 1.29 is 24.2 Å². The Morgan fingerprint density at radius 3 is 2.71 bits per heavy atom. The number of carbonyl (C=O) groups is 2. The topological polar surface area (TPSA) is 119 Å². The number of aromatic amines is 1. The predicted molar refractivity (Wildman–Crippen MR) is 100 cm³/mol. The molecule has 0 aliphatic carbocycles. The number of esters is 2. The van der Waals surface area contributed by atoms with Crippen LogP contribution in [0.5, 0.6) is 5.75 Å². The van der Waals surface area contributed by atoms with Crippen LogP contribution in [-0.4, -0.2) is 41.2 Å². The van der Waals surface area contributed by atoms with Crippen molar-refractivity contribution in [2.45, 2.75) is 12.3 Å². The second-order valence-corrected chi connectivity index (χ2v) is 6.07. The summed E-state index contributed by atoms with van der Waals surface area (Å²) in [7, 11) is 2.40. The lowest BCUT2D eigenvalue weighted by atomic mass is 9.87. The Balaban J connectivity index is 2.21. The third-order valence-corrected chi connectivity index (χ3v) is 4.48. The highest BCUT2D eigenvalue weighted by molar-refractivity contribution is 5.92. The van der Waals surface area contributed by atoms with E-state index < -0.39 is 29.2 Å². The summed E-state index contributed by atoms with van der Waals surface area (Å²) >= 11 is 0. The van der Waals surface area contributed by atoms with E-state index in [9.17, 15) is 19.5 Å². The van der Waals surface area contributed by atoms with E-state index in [4.69, 9.17) is 4.74 Å². The van der Waals surface area contributed by atoms with Crippen LogP contribution in [0.15, 0.2) is 47.5 Å². The zero-order valence-corrected chi connectivity index (χ0v) is 15.3. The molecule has 0 spiro atoms. The van der Waals surface area contributed by atoms with Gasteiger partial charge in [0, 0.05) is 23.7 Å². The van der Waals surface area contributed by atoms with E-state index in [0.717, 1.165) is 24.2 Å². The molecule has 1 unspecified atom stereocenters. The van der Waals surface area contributed by atoms with Crippen molar-refractivity contribution in [3.05, 3.63) is 69.8 Å². The highest BCUT2D eigenvalue weighted by atomic mass is 16.5. The van der Waals surface area contributed by atoms with Crippen molar-refractivity contribution in [3.8, 4) is 5.75 Å². The van der Waals surface area contributed by atoms with E-state index in [1.165, 1.54) is 7.11 Å². The van der Waals surface area contributed by atoms with Crippen molar-refractivity contribution in [2.24, 2.45) is 0 Å². The summed E-state index contributed by atoms with van der Waals surface area (Å²) in [6, 6.07) is 8.86. The van der Waals surface area contributed by atoms with Crippen molar-refractivity contribution in [1.29, 1.82) is 0 Å². The summed E-state index contributed by atoms with van der Waals surface area (Å²) in [4.78, 5) is 43.1. The van der Waals surface area contributed by atoms with Gasteiger partial charge in [0.25, 0.3) is 5.56 Å². The molecule has 0 bridgehead atoms. The quantitative estimate of drug-likeness (QED) is 0.649. The van der Waals surface area contributed by atoms with Crippen LogP contribution < -0.4 is 5.56 Å². The van der Waals surface area contributed by atoms with Crippen LogP contribution in [0.1, 0.15) is 33.8 Å². The summed E-state index contributed by atoms with van der Waals surface area (Å²) in [5.74, 6) is -2.76. The summed E-state index contributed by atoms with van der Waals surface area (Å²) in [6.07, 6.45) is 2.53. The van der Waals surface area contributed by atoms with Gasteiger partial charge in [-0.3, -0.25) is 14.6 Å². The van der Waals surface area contributed by atoms with E-state index in [0.29, 0.717) is 5.56 Å². The molecule has 0 radical (unpaired) electrons.